The summed E-state index contributed by atoms with van der Waals surface area (Å²) in [6.45, 7) is 0.175. The number of aromatic nitrogens is 1. The molecule has 0 saturated carbocycles. The normalized spacial score (nSPS) is 10.3. The second-order valence-electron chi connectivity index (χ2n) is 3.80. The number of carbonyl (C=O) groups excluding carboxylic acids is 1. The summed E-state index contributed by atoms with van der Waals surface area (Å²) in [6.07, 6.45) is 4.89. The van der Waals surface area contributed by atoms with Gasteiger partial charge in [-0.25, -0.2) is 5.43 Å². The van der Waals surface area contributed by atoms with E-state index in [-0.39, 0.29) is 12.5 Å². The highest BCUT2D eigenvalue weighted by molar-refractivity contribution is 5.83. The summed E-state index contributed by atoms with van der Waals surface area (Å²) in [6, 6.07) is 13.2. The van der Waals surface area contributed by atoms with Crippen LogP contribution in [0.1, 0.15) is 5.56 Å². The number of para-hydroxylation sites is 1. The van der Waals surface area contributed by atoms with E-state index in [0.29, 0.717) is 0 Å². The van der Waals surface area contributed by atoms with Crippen LogP contribution in [0.2, 0.25) is 0 Å². The molecule has 2 rings (SSSR count). The molecule has 96 valence electrons. The third-order valence-electron chi connectivity index (χ3n) is 2.31. The van der Waals surface area contributed by atoms with Gasteiger partial charge < -0.3 is 5.32 Å². The van der Waals surface area contributed by atoms with Gasteiger partial charge >= 0.3 is 0 Å². The Hall–Kier alpha value is -2.69. The van der Waals surface area contributed by atoms with Crippen molar-refractivity contribution < 1.29 is 4.79 Å². The van der Waals surface area contributed by atoms with Gasteiger partial charge in [-0.2, -0.15) is 5.10 Å². The summed E-state index contributed by atoms with van der Waals surface area (Å²) in [5.74, 6) is -0.205. The average molecular weight is 254 g/mol. The number of hydrazone groups is 1. The van der Waals surface area contributed by atoms with Gasteiger partial charge in [0.1, 0.15) is 0 Å². The Morgan fingerprint density at radius 3 is 2.79 bits per heavy atom. The minimum atomic E-state index is -0.205. The van der Waals surface area contributed by atoms with E-state index in [1.165, 1.54) is 0 Å². The van der Waals surface area contributed by atoms with Gasteiger partial charge in [0.2, 0.25) is 0 Å². The fourth-order valence-electron chi connectivity index (χ4n) is 1.41. The van der Waals surface area contributed by atoms with Crippen molar-refractivity contribution in [1.29, 1.82) is 0 Å². The maximum Gasteiger partial charge on any atom is 0.259 e. The zero-order chi connectivity index (χ0) is 13.3. The van der Waals surface area contributed by atoms with Crippen LogP contribution in [-0.2, 0) is 4.79 Å². The van der Waals surface area contributed by atoms with Crippen molar-refractivity contribution in [2.75, 3.05) is 11.9 Å². The second-order valence-corrected chi connectivity index (χ2v) is 3.80. The third-order valence-corrected chi connectivity index (χ3v) is 2.31. The molecule has 1 amide bonds. The molecule has 0 atom stereocenters. The van der Waals surface area contributed by atoms with E-state index in [1.807, 2.05) is 36.4 Å². The topological polar surface area (TPSA) is 66.4 Å². The summed E-state index contributed by atoms with van der Waals surface area (Å²) in [7, 11) is 0. The van der Waals surface area contributed by atoms with E-state index in [1.54, 1.807) is 24.7 Å². The van der Waals surface area contributed by atoms with E-state index < -0.39 is 0 Å². The first kappa shape index (κ1) is 12.8. The molecular formula is C14H14N4O. The van der Waals surface area contributed by atoms with Gasteiger partial charge in [-0.05, 0) is 18.2 Å². The number of nitrogens with zero attached hydrogens (tertiary/aromatic N) is 2. The van der Waals surface area contributed by atoms with E-state index in [0.717, 1.165) is 11.3 Å². The molecular weight excluding hydrogens is 240 g/mol. The Morgan fingerprint density at radius 2 is 2.05 bits per heavy atom. The molecule has 5 nitrogen and oxygen atoms in total. The molecule has 0 saturated heterocycles. The molecule has 0 fully saturated rings. The molecule has 0 aliphatic heterocycles. The standard InChI is InChI=1S/C14H14N4O/c19-14(11-16-13-6-2-1-3-7-13)18-17-10-12-5-4-8-15-9-12/h1-10,16H,11H2,(H,18,19)/b17-10+. The molecule has 0 unspecified atom stereocenters. The van der Waals surface area contributed by atoms with Gasteiger partial charge in [0.15, 0.2) is 0 Å². The van der Waals surface area contributed by atoms with Crippen LogP contribution < -0.4 is 10.7 Å². The average Bonchev–Trinajstić information content (AvgIpc) is 2.47. The van der Waals surface area contributed by atoms with Gasteiger partial charge in [0.05, 0.1) is 12.8 Å². The molecule has 1 aromatic heterocycles. The fraction of sp³-hybridized carbons (Fsp3) is 0.0714. The molecule has 0 aliphatic carbocycles. The highest BCUT2D eigenvalue weighted by atomic mass is 16.2. The van der Waals surface area contributed by atoms with Gasteiger partial charge in [-0.1, -0.05) is 24.3 Å². The summed E-state index contributed by atoms with van der Waals surface area (Å²) < 4.78 is 0. The summed E-state index contributed by atoms with van der Waals surface area (Å²) in [5.41, 5.74) is 4.17. The van der Waals surface area contributed by atoms with Gasteiger partial charge in [-0.3, -0.25) is 9.78 Å². The predicted octanol–water partition coefficient (Wildman–Crippen LogP) is 1.64. The van der Waals surface area contributed by atoms with Crippen LogP contribution in [0.5, 0.6) is 0 Å². The lowest BCUT2D eigenvalue weighted by molar-refractivity contribution is -0.119. The molecule has 5 heteroatoms. The Labute approximate surface area is 111 Å². The van der Waals surface area contributed by atoms with Crippen LogP contribution in [0.15, 0.2) is 60.0 Å². The molecule has 0 radical (unpaired) electrons. The number of rotatable bonds is 5. The predicted molar refractivity (Wildman–Crippen MR) is 74.9 cm³/mol. The first-order valence-corrected chi connectivity index (χ1v) is 5.85. The SMILES string of the molecule is O=C(CNc1ccccc1)N/N=C/c1cccnc1. The molecule has 2 aromatic rings. The lowest BCUT2D eigenvalue weighted by atomic mass is 10.3. The third kappa shape index (κ3) is 4.59. The van der Waals surface area contributed by atoms with E-state index in [4.69, 9.17) is 0 Å². The number of pyridine rings is 1. The molecule has 0 bridgehead atoms. The van der Waals surface area contributed by atoms with Crippen molar-refractivity contribution in [2.45, 2.75) is 0 Å². The lowest BCUT2D eigenvalue weighted by Gasteiger charge is -2.04. The molecule has 0 aliphatic rings. The summed E-state index contributed by atoms with van der Waals surface area (Å²) >= 11 is 0. The van der Waals surface area contributed by atoms with Gasteiger partial charge in [0, 0.05) is 23.6 Å². The van der Waals surface area contributed by atoms with E-state index in [2.05, 4.69) is 20.8 Å². The maximum absolute atomic E-state index is 11.5. The monoisotopic (exact) mass is 254 g/mol. The number of benzene rings is 1. The Balaban J connectivity index is 1.75. The largest absolute Gasteiger partial charge is 0.376 e. The summed E-state index contributed by atoms with van der Waals surface area (Å²) in [4.78, 5) is 15.4. The van der Waals surface area contributed by atoms with Crippen molar-refractivity contribution in [2.24, 2.45) is 5.10 Å². The number of nitrogens with one attached hydrogen (secondary N) is 2. The van der Waals surface area contributed by atoms with Crippen LogP contribution in [0.4, 0.5) is 5.69 Å². The first-order chi connectivity index (χ1) is 9.34. The van der Waals surface area contributed by atoms with Crippen LogP contribution in [-0.4, -0.2) is 23.7 Å². The van der Waals surface area contributed by atoms with Crippen LogP contribution in [0, 0.1) is 0 Å². The maximum atomic E-state index is 11.5. The molecule has 1 heterocycles. The van der Waals surface area contributed by atoms with Crippen molar-refractivity contribution in [1.82, 2.24) is 10.4 Å². The van der Waals surface area contributed by atoms with Crippen molar-refractivity contribution in [3.63, 3.8) is 0 Å². The number of hydrogen-bond acceptors (Lipinski definition) is 4. The number of hydrogen-bond donors (Lipinski definition) is 2. The minimum Gasteiger partial charge on any atom is -0.376 e. The minimum absolute atomic E-state index is 0.175. The number of anilines is 1. The fourth-order valence-corrected chi connectivity index (χ4v) is 1.41. The van der Waals surface area contributed by atoms with E-state index in [9.17, 15) is 4.79 Å². The van der Waals surface area contributed by atoms with Crippen LogP contribution in [0.25, 0.3) is 0 Å². The molecule has 0 spiro atoms. The Morgan fingerprint density at radius 1 is 1.21 bits per heavy atom. The lowest BCUT2D eigenvalue weighted by Crippen LogP contribution is -2.25. The van der Waals surface area contributed by atoms with Crippen LogP contribution >= 0.6 is 0 Å². The van der Waals surface area contributed by atoms with Crippen molar-refractivity contribution in [3.8, 4) is 0 Å². The van der Waals surface area contributed by atoms with Gasteiger partial charge in [0.25, 0.3) is 5.91 Å². The summed E-state index contributed by atoms with van der Waals surface area (Å²) in [5, 5.41) is 6.84. The Kier molecular flexibility index (Phi) is 4.64. The smallest absolute Gasteiger partial charge is 0.259 e. The highest BCUT2D eigenvalue weighted by Crippen LogP contribution is 2.03. The number of amides is 1. The number of carbonyl (C=O) groups is 1. The quantitative estimate of drug-likeness (QED) is 0.629. The highest BCUT2D eigenvalue weighted by Gasteiger charge is 1.98. The zero-order valence-corrected chi connectivity index (χ0v) is 10.3. The van der Waals surface area contributed by atoms with Crippen LogP contribution in [0.3, 0.4) is 0 Å². The second kappa shape index (κ2) is 6.90. The van der Waals surface area contributed by atoms with Crippen molar-refractivity contribution >= 4 is 17.8 Å². The molecule has 19 heavy (non-hydrogen) atoms. The molecule has 1 aromatic carbocycles. The zero-order valence-electron chi connectivity index (χ0n) is 10.3. The van der Waals surface area contributed by atoms with E-state index >= 15 is 0 Å². The van der Waals surface area contributed by atoms with Crippen molar-refractivity contribution in [3.05, 3.63) is 60.4 Å². The molecule has 2 N–H and O–H groups in total. The Bertz CT molecular complexity index is 540. The van der Waals surface area contributed by atoms with Gasteiger partial charge in [-0.15, -0.1) is 0 Å². The first-order valence-electron chi connectivity index (χ1n) is 5.85.